The molecule has 2 unspecified atom stereocenters. The van der Waals surface area contributed by atoms with Crippen molar-refractivity contribution in [2.75, 3.05) is 6.61 Å². The molecule has 1 nitrogen and oxygen atoms in total. The van der Waals surface area contributed by atoms with E-state index in [0.29, 0.717) is 5.92 Å². The van der Waals surface area contributed by atoms with E-state index >= 15 is 0 Å². The monoisotopic (exact) mass is 204 g/mol. The van der Waals surface area contributed by atoms with E-state index in [1.165, 1.54) is 12.8 Å². The third-order valence-corrected chi connectivity index (χ3v) is 3.74. The second-order valence-electron chi connectivity index (χ2n) is 5.05. The van der Waals surface area contributed by atoms with Crippen LogP contribution in [0, 0.1) is 11.8 Å². The Morgan fingerprint density at radius 2 is 2.08 bits per heavy atom. The second kappa shape index (κ2) is 4.18. The quantitative estimate of drug-likeness (QED) is 0.640. The molecule has 2 heteroatoms. The molecule has 0 aliphatic carbocycles. The van der Waals surface area contributed by atoms with Gasteiger partial charge < -0.3 is 4.74 Å². The number of halogens is 1. The van der Waals surface area contributed by atoms with Crippen LogP contribution in [0.15, 0.2) is 0 Å². The summed E-state index contributed by atoms with van der Waals surface area (Å²) in [7, 11) is 0. The minimum atomic E-state index is -0.122. The van der Waals surface area contributed by atoms with Gasteiger partial charge in [-0.05, 0) is 26.2 Å². The lowest BCUT2D eigenvalue weighted by Gasteiger charge is -2.23. The third kappa shape index (κ3) is 2.85. The van der Waals surface area contributed by atoms with Gasteiger partial charge in [-0.1, -0.05) is 20.3 Å². The van der Waals surface area contributed by atoms with E-state index in [1.54, 1.807) is 0 Å². The average molecular weight is 205 g/mol. The second-order valence-corrected chi connectivity index (χ2v) is 5.52. The van der Waals surface area contributed by atoms with E-state index in [2.05, 4.69) is 27.7 Å². The van der Waals surface area contributed by atoms with Crippen molar-refractivity contribution in [2.45, 2.75) is 51.5 Å². The lowest BCUT2D eigenvalue weighted by atomic mass is 9.91. The van der Waals surface area contributed by atoms with E-state index in [9.17, 15) is 0 Å². The highest BCUT2D eigenvalue weighted by molar-refractivity contribution is 6.21. The van der Waals surface area contributed by atoms with Gasteiger partial charge in [0.2, 0.25) is 0 Å². The first kappa shape index (κ1) is 11.3. The van der Waals surface area contributed by atoms with Gasteiger partial charge in [0.05, 0.1) is 17.6 Å². The van der Waals surface area contributed by atoms with Gasteiger partial charge in [0, 0.05) is 5.92 Å². The SMILES string of the molecule is CC(C)CCC1COC(C)(C)C1Cl. The number of hydrogen-bond acceptors (Lipinski definition) is 1. The Labute approximate surface area is 86.8 Å². The van der Waals surface area contributed by atoms with Gasteiger partial charge in [-0.2, -0.15) is 0 Å². The van der Waals surface area contributed by atoms with Crippen LogP contribution in [0.5, 0.6) is 0 Å². The molecule has 1 rings (SSSR count). The van der Waals surface area contributed by atoms with Crippen LogP contribution in [0.25, 0.3) is 0 Å². The van der Waals surface area contributed by atoms with Crippen molar-refractivity contribution in [3.8, 4) is 0 Å². The van der Waals surface area contributed by atoms with Gasteiger partial charge >= 0.3 is 0 Å². The summed E-state index contributed by atoms with van der Waals surface area (Å²) >= 11 is 6.33. The molecule has 1 saturated heterocycles. The van der Waals surface area contributed by atoms with Crippen LogP contribution in [-0.4, -0.2) is 17.6 Å². The molecule has 0 spiro atoms. The summed E-state index contributed by atoms with van der Waals surface area (Å²) in [6.45, 7) is 9.52. The lowest BCUT2D eigenvalue weighted by molar-refractivity contribution is 0.0363. The summed E-state index contributed by atoms with van der Waals surface area (Å²) < 4.78 is 5.67. The standard InChI is InChI=1S/C11H21ClO/c1-8(2)5-6-9-7-13-11(3,4)10(9)12/h8-10H,5-7H2,1-4H3. The fourth-order valence-corrected chi connectivity index (χ4v) is 2.09. The number of ether oxygens (including phenoxy) is 1. The topological polar surface area (TPSA) is 9.23 Å². The molecule has 2 atom stereocenters. The largest absolute Gasteiger partial charge is 0.374 e. The fourth-order valence-electron chi connectivity index (χ4n) is 1.83. The first-order valence-electron chi connectivity index (χ1n) is 5.21. The van der Waals surface area contributed by atoms with Crippen LogP contribution in [-0.2, 0) is 4.74 Å². The molecule has 1 fully saturated rings. The molecule has 0 saturated carbocycles. The van der Waals surface area contributed by atoms with Crippen LogP contribution in [0.4, 0.5) is 0 Å². The number of rotatable bonds is 3. The van der Waals surface area contributed by atoms with Crippen LogP contribution < -0.4 is 0 Å². The minimum absolute atomic E-state index is 0.122. The third-order valence-electron chi connectivity index (χ3n) is 2.86. The van der Waals surface area contributed by atoms with Gasteiger partial charge in [0.1, 0.15) is 0 Å². The first-order valence-corrected chi connectivity index (χ1v) is 5.65. The highest BCUT2D eigenvalue weighted by Gasteiger charge is 2.41. The predicted molar refractivity (Wildman–Crippen MR) is 57.2 cm³/mol. The van der Waals surface area contributed by atoms with Crippen molar-refractivity contribution >= 4 is 11.6 Å². The van der Waals surface area contributed by atoms with Crippen molar-refractivity contribution in [3.63, 3.8) is 0 Å². The predicted octanol–water partition coefficient (Wildman–Crippen LogP) is 3.46. The molecule has 0 bridgehead atoms. The Bertz CT molecular complexity index is 165. The average Bonchev–Trinajstić information content (AvgIpc) is 2.25. The van der Waals surface area contributed by atoms with E-state index in [-0.39, 0.29) is 11.0 Å². The van der Waals surface area contributed by atoms with Gasteiger partial charge in [-0.15, -0.1) is 11.6 Å². The van der Waals surface area contributed by atoms with Crippen LogP contribution >= 0.6 is 11.6 Å². The number of alkyl halides is 1. The molecule has 0 radical (unpaired) electrons. The Kier molecular flexibility index (Phi) is 3.64. The molecule has 1 heterocycles. The summed E-state index contributed by atoms with van der Waals surface area (Å²) in [6, 6.07) is 0. The molecule has 0 aromatic heterocycles. The maximum atomic E-state index is 6.33. The molecule has 1 aliphatic heterocycles. The molecule has 78 valence electrons. The van der Waals surface area contributed by atoms with E-state index < -0.39 is 0 Å². The zero-order valence-electron chi connectivity index (χ0n) is 9.14. The maximum Gasteiger partial charge on any atom is 0.0793 e. The van der Waals surface area contributed by atoms with Gasteiger partial charge in [0.25, 0.3) is 0 Å². The van der Waals surface area contributed by atoms with Gasteiger partial charge in [-0.3, -0.25) is 0 Å². The highest BCUT2D eigenvalue weighted by atomic mass is 35.5. The molecule has 1 aliphatic rings. The smallest absolute Gasteiger partial charge is 0.0793 e. The minimum Gasteiger partial charge on any atom is -0.374 e. The lowest BCUT2D eigenvalue weighted by Crippen LogP contribution is -2.30. The Balaban J connectivity index is 2.37. The first-order chi connectivity index (χ1) is 5.93. The van der Waals surface area contributed by atoms with Crippen LogP contribution in [0.2, 0.25) is 0 Å². The maximum absolute atomic E-state index is 6.33. The van der Waals surface area contributed by atoms with Crippen molar-refractivity contribution in [1.82, 2.24) is 0 Å². The van der Waals surface area contributed by atoms with E-state index in [4.69, 9.17) is 16.3 Å². The molecular formula is C11H21ClO. The van der Waals surface area contributed by atoms with Crippen LogP contribution in [0.1, 0.15) is 40.5 Å². The molecule has 0 aromatic rings. The molecular weight excluding hydrogens is 184 g/mol. The molecule has 0 N–H and O–H groups in total. The summed E-state index contributed by atoms with van der Waals surface area (Å²) in [5.41, 5.74) is -0.122. The summed E-state index contributed by atoms with van der Waals surface area (Å²) in [6.07, 6.45) is 2.46. The van der Waals surface area contributed by atoms with Gasteiger partial charge in [-0.25, -0.2) is 0 Å². The summed E-state index contributed by atoms with van der Waals surface area (Å²) in [4.78, 5) is 0. The normalized spacial score (nSPS) is 32.8. The van der Waals surface area contributed by atoms with Gasteiger partial charge in [0.15, 0.2) is 0 Å². The van der Waals surface area contributed by atoms with E-state index in [0.717, 1.165) is 12.5 Å². The Hall–Kier alpha value is 0.250. The Morgan fingerprint density at radius 3 is 2.46 bits per heavy atom. The van der Waals surface area contributed by atoms with Crippen molar-refractivity contribution < 1.29 is 4.74 Å². The van der Waals surface area contributed by atoms with E-state index in [1.807, 2.05) is 0 Å². The Morgan fingerprint density at radius 1 is 1.46 bits per heavy atom. The zero-order valence-corrected chi connectivity index (χ0v) is 9.90. The summed E-state index contributed by atoms with van der Waals surface area (Å²) in [5, 5.41) is 0.186. The van der Waals surface area contributed by atoms with Crippen LogP contribution in [0.3, 0.4) is 0 Å². The highest BCUT2D eigenvalue weighted by Crippen LogP contribution is 2.37. The molecule has 0 amide bonds. The van der Waals surface area contributed by atoms with Crippen molar-refractivity contribution in [3.05, 3.63) is 0 Å². The molecule has 0 aromatic carbocycles. The fraction of sp³-hybridized carbons (Fsp3) is 1.00. The van der Waals surface area contributed by atoms with Crippen molar-refractivity contribution in [2.24, 2.45) is 11.8 Å². The van der Waals surface area contributed by atoms with Crippen molar-refractivity contribution in [1.29, 1.82) is 0 Å². The zero-order chi connectivity index (χ0) is 10.1. The molecule has 13 heavy (non-hydrogen) atoms. The number of hydrogen-bond donors (Lipinski definition) is 0. The summed E-state index contributed by atoms with van der Waals surface area (Å²) in [5.74, 6) is 1.33.